The van der Waals surface area contributed by atoms with Crippen molar-refractivity contribution in [2.45, 2.75) is 32.4 Å². The van der Waals surface area contributed by atoms with Crippen LogP contribution in [0, 0.1) is 11.7 Å². The van der Waals surface area contributed by atoms with E-state index in [4.69, 9.17) is 10.5 Å². The number of nitrogens with one attached hydrogen (secondary N) is 1. The summed E-state index contributed by atoms with van der Waals surface area (Å²) in [5.41, 5.74) is 6.67. The minimum absolute atomic E-state index is 0.290. The summed E-state index contributed by atoms with van der Waals surface area (Å²) in [6, 6.07) is 5.51. The molecule has 1 saturated carbocycles. The molecule has 1 aliphatic carbocycles. The molecule has 0 heterocycles. The Morgan fingerprint density at radius 1 is 1.44 bits per heavy atom. The lowest BCUT2D eigenvalue weighted by molar-refractivity contribution is 0.256. The molecule has 0 aliphatic heterocycles. The summed E-state index contributed by atoms with van der Waals surface area (Å²) in [7, 11) is 0. The van der Waals surface area contributed by atoms with Gasteiger partial charge in [0.1, 0.15) is 0 Å². The Kier molecular flexibility index (Phi) is 4.55. The van der Waals surface area contributed by atoms with Crippen LogP contribution in [0.25, 0.3) is 0 Å². The Morgan fingerprint density at radius 3 is 2.83 bits per heavy atom. The lowest BCUT2D eigenvalue weighted by Gasteiger charge is -2.32. The molecule has 0 atom stereocenters. The summed E-state index contributed by atoms with van der Waals surface area (Å²) in [5.74, 6) is 0.723. The van der Waals surface area contributed by atoms with Crippen molar-refractivity contribution in [2.24, 2.45) is 11.7 Å². The summed E-state index contributed by atoms with van der Waals surface area (Å²) in [6.07, 6.45) is 2.20. The molecule has 18 heavy (non-hydrogen) atoms. The fraction of sp³-hybridized carbons (Fsp3) is 0.571. The minimum atomic E-state index is -0.290. The molecule has 0 amide bonds. The summed E-state index contributed by atoms with van der Waals surface area (Å²) in [5, 5.41) is 3.34. The maximum atomic E-state index is 13.6. The molecule has 2 rings (SSSR count). The van der Waals surface area contributed by atoms with E-state index in [0.29, 0.717) is 30.9 Å². The molecule has 0 radical (unpaired) electrons. The number of hydrogen-bond donors (Lipinski definition) is 2. The number of ether oxygens (including phenoxy) is 1. The molecule has 1 fully saturated rings. The lowest BCUT2D eigenvalue weighted by atomic mass is 9.81. The Hall–Kier alpha value is -1.13. The predicted octanol–water partition coefficient (Wildman–Crippen LogP) is 2.05. The number of nitrogens with two attached hydrogens (primary N) is 1. The van der Waals surface area contributed by atoms with Crippen molar-refractivity contribution in [2.75, 3.05) is 13.2 Å². The van der Waals surface area contributed by atoms with Gasteiger partial charge in [-0.05, 0) is 49.9 Å². The first-order valence-electron chi connectivity index (χ1n) is 6.56. The Balaban J connectivity index is 1.77. The molecule has 1 aromatic carbocycles. The van der Waals surface area contributed by atoms with Gasteiger partial charge in [-0.25, -0.2) is 4.39 Å². The van der Waals surface area contributed by atoms with E-state index in [1.165, 1.54) is 6.07 Å². The van der Waals surface area contributed by atoms with Crippen LogP contribution in [0.2, 0.25) is 0 Å². The van der Waals surface area contributed by atoms with Crippen molar-refractivity contribution in [1.29, 1.82) is 0 Å². The van der Waals surface area contributed by atoms with Crippen molar-refractivity contribution in [1.82, 2.24) is 5.32 Å². The summed E-state index contributed by atoms with van der Waals surface area (Å²) in [4.78, 5) is 0. The number of benzene rings is 1. The highest BCUT2D eigenvalue weighted by atomic mass is 19.1. The molecular weight excluding hydrogens is 231 g/mol. The second-order valence-electron chi connectivity index (χ2n) is 4.93. The van der Waals surface area contributed by atoms with Gasteiger partial charge in [-0.3, -0.25) is 0 Å². The van der Waals surface area contributed by atoms with Crippen LogP contribution in [0.3, 0.4) is 0 Å². The summed E-state index contributed by atoms with van der Waals surface area (Å²) >= 11 is 0. The third kappa shape index (κ3) is 3.43. The maximum absolute atomic E-state index is 13.6. The van der Waals surface area contributed by atoms with Crippen LogP contribution in [-0.2, 0) is 6.54 Å². The van der Waals surface area contributed by atoms with E-state index in [-0.39, 0.29) is 5.82 Å². The third-order valence-electron chi connectivity index (χ3n) is 3.33. The number of hydrogen-bond acceptors (Lipinski definition) is 3. The van der Waals surface area contributed by atoms with Crippen LogP contribution in [0.1, 0.15) is 25.3 Å². The Labute approximate surface area is 108 Å². The van der Waals surface area contributed by atoms with Crippen LogP contribution in [0.5, 0.6) is 5.75 Å². The quantitative estimate of drug-likeness (QED) is 0.814. The van der Waals surface area contributed by atoms with Crippen molar-refractivity contribution in [3.8, 4) is 5.75 Å². The normalized spacial score (nSPS) is 22.6. The first kappa shape index (κ1) is 13.3. The standard InChI is InChI=1S/C14H21FN2O/c1-2-18-14-4-3-10(7-13(14)15)8-17-9-11-5-12(16)6-11/h3-4,7,11-12,17H,2,5-6,8-9,16H2,1H3. The van der Waals surface area contributed by atoms with Crippen LogP contribution in [0.15, 0.2) is 18.2 Å². The summed E-state index contributed by atoms with van der Waals surface area (Å²) < 4.78 is 18.7. The highest BCUT2D eigenvalue weighted by Crippen LogP contribution is 2.24. The second kappa shape index (κ2) is 6.16. The van der Waals surface area contributed by atoms with Crippen LogP contribution >= 0.6 is 0 Å². The SMILES string of the molecule is CCOc1ccc(CNCC2CC(N)C2)cc1F. The van der Waals surface area contributed by atoms with Crippen LogP contribution in [0.4, 0.5) is 4.39 Å². The fourth-order valence-corrected chi connectivity index (χ4v) is 2.30. The zero-order chi connectivity index (χ0) is 13.0. The van der Waals surface area contributed by atoms with Gasteiger partial charge in [0.05, 0.1) is 6.61 Å². The average molecular weight is 252 g/mol. The largest absolute Gasteiger partial charge is 0.491 e. The van der Waals surface area contributed by atoms with Gasteiger partial charge < -0.3 is 15.8 Å². The van der Waals surface area contributed by atoms with Crippen molar-refractivity contribution >= 4 is 0 Å². The first-order valence-corrected chi connectivity index (χ1v) is 6.56. The molecule has 0 saturated heterocycles. The van der Waals surface area contributed by atoms with E-state index >= 15 is 0 Å². The minimum Gasteiger partial charge on any atom is -0.491 e. The van der Waals surface area contributed by atoms with Gasteiger partial charge in [-0.15, -0.1) is 0 Å². The molecule has 4 heteroatoms. The Bertz CT molecular complexity index is 391. The molecule has 3 nitrogen and oxygen atoms in total. The third-order valence-corrected chi connectivity index (χ3v) is 3.33. The van der Waals surface area contributed by atoms with Crippen molar-refractivity contribution < 1.29 is 9.13 Å². The maximum Gasteiger partial charge on any atom is 0.165 e. The highest BCUT2D eigenvalue weighted by Gasteiger charge is 2.24. The molecule has 3 N–H and O–H groups in total. The molecule has 0 bridgehead atoms. The summed E-state index contributed by atoms with van der Waals surface area (Å²) in [6.45, 7) is 3.98. The fourth-order valence-electron chi connectivity index (χ4n) is 2.30. The first-order chi connectivity index (χ1) is 8.69. The molecule has 1 aliphatic rings. The van der Waals surface area contributed by atoms with Gasteiger partial charge >= 0.3 is 0 Å². The zero-order valence-corrected chi connectivity index (χ0v) is 10.8. The van der Waals surface area contributed by atoms with E-state index in [1.807, 2.05) is 13.0 Å². The van der Waals surface area contributed by atoms with E-state index in [2.05, 4.69) is 5.32 Å². The zero-order valence-electron chi connectivity index (χ0n) is 10.8. The molecule has 1 aromatic rings. The number of halogens is 1. The van der Waals surface area contributed by atoms with E-state index < -0.39 is 0 Å². The molecular formula is C14H21FN2O. The van der Waals surface area contributed by atoms with Crippen LogP contribution in [-0.4, -0.2) is 19.2 Å². The van der Waals surface area contributed by atoms with Gasteiger partial charge in [0.2, 0.25) is 0 Å². The van der Waals surface area contributed by atoms with Gasteiger partial charge in [-0.2, -0.15) is 0 Å². The molecule has 0 unspecified atom stereocenters. The predicted molar refractivity (Wildman–Crippen MR) is 70.0 cm³/mol. The van der Waals surface area contributed by atoms with Crippen molar-refractivity contribution in [3.63, 3.8) is 0 Å². The Morgan fingerprint density at radius 2 is 2.22 bits per heavy atom. The molecule has 100 valence electrons. The monoisotopic (exact) mass is 252 g/mol. The van der Waals surface area contributed by atoms with Gasteiger partial charge in [0, 0.05) is 12.6 Å². The lowest BCUT2D eigenvalue weighted by Crippen LogP contribution is -2.41. The molecule has 0 spiro atoms. The number of rotatable bonds is 6. The van der Waals surface area contributed by atoms with E-state index in [0.717, 1.165) is 24.9 Å². The van der Waals surface area contributed by atoms with E-state index in [9.17, 15) is 4.39 Å². The van der Waals surface area contributed by atoms with Gasteiger partial charge in [0.15, 0.2) is 11.6 Å². The van der Waals surface area contributed by atoms with E-state index in [1.54, 1.807) is 6.07 Å². The van der Waals surface area contributed by atoms with Gasteiger partial charge in [0.25, 0.3) is 0 Å². The van der Waals surface area contributed by atoms with Crippen molar-refractivity contribution in [3.05, 3.63) is 29.6 Å². The smallest absolute Gasteiger partial charge is 0.165 e. The average Bonchev–Trinajstić information content (AvgIpc) is 2.30. The van der Waals surface area contributed by atoms with Crippen LogP contribution < -0.4 is 15.8 Å². The second-order valence-corrected chi connectivity index (χ2v) is 4.93. The molecule has 0 aromatic heterocycles. The topological polar surface area (TPSA) is 47.3 Å². The highest BCUT2D eigenvalue weighted by molar-refractivity contribution is 5.29. The van der Waals surface area contributed by atoms with Gasteiger partial charge in [-0.1, -0.05) is 6.07 Å².